The molecule has 0 N–H and O–H groups in total. The van der Waals surface area contributed by atoms with Crippen LogP contribution < -0.4 is 0 Å². The molecule has 3 heteroatoms. The molecule has 1 aromatic heterocycles. The Morgan fingerprint density at radius 2 is 2.07 bits per heavy atom. The highest BCUT2D eigenvalue weighted by Gasteiger charge is 2.08. The fourth-order valence-corrected chi connectivity index (χ4v) is 1.58. The summed E-state index contributed by atoms with van der Waals surface area (Å²) < 4.78 is 1.59. The first-order valence-electron chi connectivity index (χ1n) is 4.93. The van der Waals surface area contributed by atoms with E-state index < -0.39 is 0 Å². The smallest absolute Gasteiger partial charge is 0.219 e. The van der Waals surface area contributed by atoms with Crippen LogP contribution in [0.25, 0.3) is 11.4 Å². The maximum Gasteiger partial charge on any atom is 0.219 e. The number of imidazole rings is 1. The number of aromatic nitrogens is 2. The lowest BCUT2D eigenvalue weighted by molar-refractivity contribution is 0.546. The van der Waals surface area contributed by atoms with E-state index >= 15 is 0 Å². The van der Waals surface area contributed by atoms with Gasteiger partial charge in [0.05, 0.1) is 0 Å². The van der Waals surface area contributed by atoms with Crippen LogP contribution in [0.5, 0.6) is 0 Å². The van der Waals surface area contributed by atoms with E-state index in [1.807, 2.05) is 37.3 Å². The van der Waals surface area contributed by atoms with E-state index in [1.165, 1.54) is 0 Å². The zero-order chi connectivity index (χ0) is 10.7. The van der Waals surface area contributed by atoms with Crippen LogP contribution in [0.2, 0.25) is 0 Å². The summed E-state index contributed by atoms with van der Waals surface area (Å²) in [6.45, 7) is 2.01. The summed E-state index contributed by atoms with van der Waals surface area (Å²) in [6, 6.07) is 9.71. The molecule has 1 aromatic carbocycles. The van der Waals surface area contributed by atoms with Gasteiger partial charge in [-0.1, -0.05) is 37.3 Å². The van der Waals surface area contributed by atoms with E-state index in [0.29, 0.717) is 5.82 Å². The van der Waals surface area contributed by atoms with Gasteiger partial charge in [-0.05, 0) is 6.42 Å². The Labute approximate surface area is 88.4 Å². The fraction of sp³-hybridized carbons (Fsp3) is 0.167. The van der Waals surface area contributed by atoms with E-state index in [2.05, 4.69) is 4.98 Å². The van der Waals surface area contributed by atoms with Crippen molar-refractivity contribution in [3.8, 4) is 11.4 Å². The Hall–Kier alpha value is -1.90. The predicted octanol–water partition coefficient (Wildman–Crippen LogP) is 2.15. The SMILES string of the molecule is CCc1cnc(-c2ccccc2)n1C=O. The zero-order valence-electron chi connectivity index (χ0n) is 8.55. The Morgan fingerprint density at radius 3 is 2.67 bits per heavy atom. The highest BCUT2D eigenvalue weighted by Crippen LogP contribution is 2.18. The van der Waals surface area contributed by atoms with Crippen LogP contribution in [0.1, 0.15) is 12.6 Å². The summed E-state index contributed by atoms with van der Waals surface area (Å²) in [6.07, 6.45) is 3.36. The summed E-state index contributed by atoms with van der Waals surface area (Å²) in [4.78, 5) is 15.2. The van der Waals surface area contributed by atoms with Crippen LogP contribution in [0.15, 0.2) is 36.5 Å². The summed E-state index contributed by atoms with van der Waals surface area (Å²) in [7, 11) is 0. The molecule has 15 heavy (non-hydrogen) atoms. The molecule has 0 saturated heterocycles. The van der Waals surface area contributed by atoms with Crippen molar-refractivity contribution in [2.45, 2.75) is 13.3 Å². The molecule has 0 fully saturated rings. The molecule has 0 aliphatic heterocycles. The highest BCUT2D eigenvalue weighted by atomic mass is 16.1. The maximum absolute atomic E-state index is 11.0. The predicted molar refractivity (Wildman–Crippen MR) is 59.2 cm³/mol. The number of carbonyl (C=O) groups is 1. The number of carbonyl (C=O) groups excluding carboxylic acids is 1. The van der Waals surface area contributed by atoms with Gasteiger partial charge in [0.1, 0.15) is 5.82 Å². The number of aryl methyl sites for hydroxylation is 1. The Balaban J connectivity index is 2.54. The third-order valence-corrected chi connectivity index (χ3v) is 2.37. The third kappa shape index (κ3) is 1.68. The maximum atomic E-state index is 11.0. The van der Waals surface area contributed by atoms with Crippen LogP contribution in [0.4, 0.5) is 0 Å². The van der Waals surface area contributed by atoms with Crippen LogP contribution in [0, 0.1) is 0 Å². The van der Waals surface area contributed by atoms with E-state index in [9.17, 15) is 4.79 Å². The normalized spacial score (nSPS) is 10.2. The zero-order valence-corrected chi connectivity index (χ0v) is 8.55. The Kier molecular flexibility index (Phi) is 2.63. The van der Waals surface area contributed by atoms with Gasteiger partial charge >= 0.3 is 0 Å². The van der Waals surface area contributed by atoms with Crippen LogP contribution in [-0.4, -0.2) is 16.0 Å². The molecular weight excluding hydrogens is 188 g/mol. The minimum atomic E-state index is 0.711. The first-order chi connectivity index (χ1) is 7.36. The van der Waals surface area contributed by atoms with Crippen LogP contribution in [-0.2, 0) is 11.2 Å². The van der Waals surface area contributed by atoms with Gasteiger partial charge in [0.25, 0.3) is 0 Å². The summed E-state index contributed by atoms with van der Waals surface area (Å²) in [5.74, 6) is 0.711. The lowest BCUT2D eigenvalue weighted by Gasteiger charge is -2.02. The lowest BCUT2D eigenvalue weighted by Crippen LogP contribution is -2.02. The van der Waals surface area contributed by atoms with Gasteiger partial charge in [0.2, 0.25) is 6.41 Å². The Bertz CT molecular complexity index is 460. The van der Waals surface area contributed by atoms with E-state index in [4.69, 9.17) is 0 Å². The number of nitrogens with zero attached hydrogens (tertiary/aromatic N) is 2. The molecule has 2 aromatic rings. The van der Waals surface area contributed by atoms with Crippen molar-refractivity contribution in [2.75, 3.05) is 0 Å². The van der Waals surface area contributed by atoms with Gasteiger partial charge in [-0.15, -0.1) is 0 Å². The molecule has 0 saturated carbocycles. The van der Waals surface area contributed by atoms with Crippen molar-refractivity contribution in [2.24, 2.45) is 0 Å². The summed E-state index contributed by atoms with van der Waals surface area (Å²) in [5, 5.41) is 0. The largest absolute Gasteiger partial charge is 0.278 e. The average Bonchev–Trinajstić information content (AvgIpc) is 2.72. The number of hydrogen-bond donors (Lipinski definition) is 0. The number of hydrogen-bond acceptors (Lipinski definition) is 2. The standard InChI is InChI=1S/C12H12N2O/c1-2-11-8-13-12(14(11)9-15)10-6-4-3-5-7-10/h3-9H,2H2,1H3. The molecule has 0 amide bonds. The topological polar surface area (TPSA) is 34.9 Å². The second kappa shape index (κ2) is 4.09. The number of benzene rings is 1. The van der Waals surface area contributed by atoms with Gasteiger partial charge in [0, 0.05) is 17.5 Å². The van der Waals surface area contributed by atoms with Crippen molar-refractivity contribution in [1.82, 2.24) is 9.55 Å². The molecule has 0 aliphatic rings. The van der Waals surface area contributed by atoms with Gasteiger partial charge in [0.15, 0.2) is 0 Å². The van der Waals surface area contributed by atoms with Crippen LogP contribution in [0.3, 0.4) is 0 Å². The monoisotopic (exact) mass is 200 g/mol. The summed E-state index contributed by atoms with van der Waals surface area (Å²) >= 11 is 0. The molecule has 0 atom stereocenters. The molecular formula is C12H12N2O. The highest BCUT2D eigenvalue weighted by molar-refractivity contribution is 5.67. The van der Waals surface area contributed by atoms with Crippen molar-refractivity contribution in [1.29, 1.82) is 0 Å². The quantitative estimate of drug-likeness (QED) is 0.711. The molecule has 0 radical (unpaired) electrons. The van der Waals surface area contributed by atoms with Gasteiger partial charge in [-0.2, -0.15) is 0 Å². The molecule has 0 unspecified atom stereocenters. The van der Waals surface area contributed by atoms with Gasteiger partial charge in [-0.3, -0.25) is 9.36 Å². The van der Waals surface area contributed by atoms with Crippen molar-refractivity contribution >= 4 is 6.41 Å². The minimum absolute atomic E-state index is 0.711. The third-order valence-electron chi connectivity index (χ3n) is 2.37. The average molecular weight is 200 g/mol. The van der Waals surface area contributed by atoms with Crippen molar-refractivity contribution in [3.63, 3.8) is 0 Å². The fourth-order valence-electron chi connectivity index (χ4n) is 1.58. The van der Waals surface area contributed by atoms with E-state index in [1.54, 1.807) is 10.8 Å². The van der Waals surface area contributed by atoms with Crippen molar-refractivity contribution < 1.29 is 4.79 Å². The molecule has 3 nitrogen and oxygen atoms in total. The second-order valence-corrected chi connectivity index (χ2v) is 3.27. The van der Waals surface area contributed by atoms with E-state index in [0.717, 1.165) is 24.1 Å². The number of rotatable bonds is 3. The van der Waals surface area contributed by atoms with Crippen molar-refractivity contribution in [3.05, 3.63) is 42.2 Å². The first kappa shape index (κ1) is 9.65. The molecule has 0 bridgehead atoms. The molecule has 0 spiro atoms. The molecule has 76 valence electrons. The molecule has 2 rings (SSSR count). The minimum Gasteiger partial charge on any atom is -0.278 e. The van der Waals surface area contributed by atoms with Crippen LogP contribution >= 0.6 is 0 Å². The van der Waals surface area contributed by atoms with Gasteiger partial charge < -0.3 is 0 Å². The molecule has 1 heterocycles. The second-order valence-electron chi connectivity index (χ2n) is 3.27. The van der Waals surface area contributed by atoms with E-state index in [-0.39, 0.29) is 0 Å². The first-order valence-corrected chi connectivity index (χ1v) is 4.93. The lowest BCUT2D eigenvalue weighted by atomic mass is 10.2. The summed E-state index contributed by atoms with van der Waals surface area (Å²) in [5.41, 5.74) is 1.90. The van der Waals surface area contributed by atoms with Gasteiger partial charge in [-0.25, -0.2) is 4.98 Å². The molecule has 0 aliphatic carbocycles. The Morgan fingerprint density at radius 1 is 1.33 bits per heavy atom.